The van der Waals surface area contributed by atoms with Gasteiger partial charge in [0.25, 0.3) is 0 Å². The van der Waals surface area contributed by atoms with Crippen LogP contribution in [0.2, 0.25) is 0 Å². The smallest absolute Gasteiger partial charge is 0.175 e. The predicted octanol–water partition coefficient (Wildman–Crippen LogP) is 4.87. The van der Waals surface area contributed by atoms with Crippen molar-refractivity contribution in [2.45, 2.75) is 13.8 Å². The molecule has 19 heavy (non-hydrogen) atoms. The van der Waals surface area contributed by atoms with Gasteiger partial charge in [-0.2, -0.15) is 0 Å². The number of halogens is 1. The monoisotopic (exact) mass is 334 g/mol. The van der Waals surface area contributed by atoms with Crippen LogP contribution in [0.5, 0.6) is 0 Å². The third-order valence-corrected chi connectivity index (χ3v) is 3.90. The van der Waals surface area contributed by atoms with Gasteiger partial charge in [0.2, 0.25) is 0 Å². The molecule has 0 heterocycles. The Labute approximate surface area is 127 Å². The molecule has 2 aromatic carbocycles. The van der Waals surface area contributed by atoms with Crippen LogP contribution in [0.25, 0.3) is 0 Å². The number of anilines is 2. The zero-order chi connectivity index (χ0) is 13.8. The number of hydrogen-bond acceptors (Lipinski definition) is 1. The van der Waals surface area contributed by atoms with Crippen molar-refractivity contribution in [3.63, 3.8) is 0 Å². The fraction of sp³-hybridized carbons (Fsp3) is 0.133. The molecule has 0 aliphatic carbocycles. The first-order valence-corrected chi connectivity index (χ1v) is 7.16. The number of aryl methyl sites for hydroxylation is 2. The van der Waals surface area contributed by atoms with Crippen molar-refractivity contribution < 1.29 is 0 Å². The molecule has 2 aromatic rings. The normalized spacial score (nSPS) is 10.1. The molecule has 0 aliphatic rings. The maximum Gasteiger partial charge on any atom is 0.175 e. The van der Waals surface area contributed by atoms with Crippen LogP contribution in [0.4, 0.5) is 11.4 Å². The van der Waals surface area contributed by atoms with Crippen LogP contribution in [0, 0.1) is 13.8 Å². The molecule has 0 atom stereocenters. The van der Waals surface area contributed by atoms with E-state index >= 15 is 0 Å². The minimum absolute atomic E-state index is 0.594. The van der Waals surface area contributed by atoms with E-state index in [1.165, 1.54) is 11.1 Å². The molecule has 0 amide bonds. The summed E-state index contributed by atoms with van der Waals surface area (Å²) in [5.74, 6) is 0. The lowest BCUT2D eigenvalue weighted by Gasteiger charge is -2.13. The van der Waals surface area contributed by atoms with E-state index in [-0.39, 0.29) is 0 Å². The van der Waals surface area contributed by atoms with Crippen LogP contribution in [0.1, 0.15) is 11.1 Å². The standard InChI is InChI=1S/C15H15BrN2S/c1-10-5-3-4-6-14(10)18-15(19)17-12-7-8-13(16)11(2)9-12/h3-9H,1-2H3,(H2,17,18,19). The summed E-state index contributed by atoms with van der Waals surface area (Å²) in [6.07, 6.45) is 0. The van der Waals surface area contributed by atoms with Gasteiger partial charge in [0.15, 0.2) is 5.11 Å². The Hall–Kier alpha value is -1.39. The first-order valence-electron chi connectivity index (χ1n) is 5.96. The lowest BCUT2D eigenvalue weighted by molar-refractivity contribution is 1.42. The van der Waals surface area contributed by atoms with Crippen molar-refractivity contribution in [1.82, 2.24) is 0 Å². The van der Waals surface area contributed by atoms with Crippen molar-refractivity contribution in [3.05, 3.63) is 58.1 Å². The van der Waals surface area contributed by atoms with Gasteiger partial charge in [-0.15, -0.1) is 0 Å². The molecule has 0 fully saturated rings. The summed E-state index contributed by atoms with van der Waals surface area (Å²) in [6, 6.07) is 14.1. The fourth-order valence-electron chi connectivity index (χ4n) is 1.72. The second-order valence-corrected chi connectivity index (χ2v) is 5.62. The molecule has 0 saturated carbocycles. The van der Waals surface area contributed by atoms with E-state index in [9.17, 15) is 0 Å². The lowest BCUT2D eigenvalue weighted by Crippen LogP contribution is -2.19. The van der Waals surface area contributed by atoms with Crippen LogP contribution < -0.4 is 10.6 Å². The van der Waals surface area contributed by atoms with Crippen LogP contribution >= 0.6 is 28.1 Å². The van der Waals surface area contributed by atoms with Gasteiger partial charge in [0, 0.05) is 15.8 Å². The molecule has 98 valence electrons. The fourth-order valence-corrected chi connectivity index (χ4v) is 2.19. The zero-order valence-corrected chi connectivity index (χ0v) is 13.2. The Morgan fingerprint density at radius 2 is 1.74 bits per heavy atom. The molecule has 0 aliphatic heterocycles. The van der Waals surface area contributed by atoms with E-state index in [0.717, 1.165) is 15.8 Å². The summed E-state index contributed by atoms with van der Waals surface area (Å²) in [7, 11) is 0. The molecule has 0 spiro atoms. The van der Waals surface area contributed by atoms with Crippen LogP contribution in [0.15, 0.2) is 46.9 Å². The molecular formula is C15H15BrN2S. The molecule has 0 unspecified atom stereocenters. The zero-order valence-electron chi connectivity index (χ0n) is 10.8. The number of hydrogen-bond donors (Lipinski definition) is 2. The van der Waals surface area contributed by atoms with Gasteiger partial charge in [0.1, 0.15) is 0 Å². The van der Waals surface area contributed by atoms with E-state index in [4.69, 9.17) is 12.2 Å². The first kappa shape index (κ1) is 14.0. The molecule has 2 N–H and O–H groups in total. The van der Waals surface area contributed by atoms with E-state index in [2.05, 4.69) is 45.6 Å². The average molecular weight is 335 g/mol. The van der Waals surface area contributed by atoms with Crippen molar-refractivity contribution in [2.75, 3.05) is 10.6 Å². The molecule has 2 rings (SSSR count). The highest BCUT2D eigenvalue weighted by Crippen LogP contribution is 2.20. The van der Waals surface area contributed by atoms with Gasteiger partial charge in [-0.05, 0) is 61.5 Å². The number of para-hydroxylation sites is 1. The van der Waals surface area contributed by atoms with Crippen LogP contribution in [0.3, 0.4) is 0 Å². The number of rotatable bonds is 2. The summed E-state index contributed by atoms with van der Waals surface area (Å²) >= 11 is 8.80. The van der Waals surface area contributed by atoms with Crippen molar-refractivity contribution in [2.24, 2.45) is 0 Å². The minimum Gasteiger partial charge on any atom is -0.332 e. The highest BCUT2D eigenvalue weighted by molar-refractivity contribution is 9.10. The van der Waals surface area contributed by atoms with Crippen molar-refractivity contribution in [3.8, 4) is 0 Å². The van der Waals surface area contributed by atoms with Crippen molar-refractivity contribution in [1.29, 1.82) is 0 Å². The van der Waals surface area contributed by atoms with Gasteiger partial charge < -0.3 is 10.6 Å². The number of thiocarbonyl (C=S) groups is 1. The SMILES string of the molecule is Cc1cc(NC(=S)Nc2ccccc2C)ccc1Br. The maximum atomic E-state index is 5.32. The maximum absolute atomic E-state index is 5.32. The summed E-state index contributed by atoms with van der Waals surface area (Å²) in [5.41, 5.74) is 4.34. The summed E-state index contributed by atoms with van der Waals surface area (Å²) in [5, 5.41) is 6.98. The largest absolute Gasteiger partial charge is 0.332 e. The van der Waals surface area contributed by atoms with Crippen LogP contribution in [-0.4, -0.2) is 5.11 Å². The highest BCUT2D eigenvalue weighted by atomic mass is 79.9. The molecule has 4 heteroatoms. The van der Waals surface area contributed by atoms with Gasteiger partial charge in [0.05, 0.1) is 0 Å². The first-order chi connectivity index (χ1) is 9.06. The third-order valence-electron chi connectivity index (χ3n) is 2.81. The molecule has 0 radical (unpaired) electrons. The second kappa shape index (κ2) is 6.17. The van der Waals surface area contributed by atoms with E-state index in [1.54, 1.807) is 0 Å². The van der Waals surface area contributed by atoms with E-state index in [1.807, 2.05) is 37.3 Å². The molecule has 2 nitrogen and oxygen atoms in total. The quantitative estimate of drug-likeness (QED) is 0.765. The summed E-state index contributed by atoms with van der Waals surface area (Å²) in [4.78, 5) is 0. The van der Waals surface area contributed by atoms with Gasteiger partial charge >= 0.3 is 0 Å². The summed E-state index contributed by atoms with van der Waals surface area (Å²) in [6.45, 7) is 4.10. The Morgan fingerprint density at radius 1 is 1.00 bits per heavy atom. The Balaban J connectivity index is 2.05. The van der Waals surface area contributed by atoms with Crippen LogP contribution in [-0.2, 0) is 0 Å². The number of nitrogens with one attached hydrogen (secondary N) is 2. The predicted molar refractivity (Wildman–Crippen MR) is 89.9 cm³/mol. The topological polar surface area (TPSA) is 24.1 Å². The Bertz CT molecular complexity index is 611. The molecular weight excluding hydrogens is 320 g/mol. The highest BCUT2D eigenvalue weighted by Gasteiger charge is 2.02. The molecule has 0 bridgehead atoms. The van der Waals surface area contributed by atoms with Gasteiger partial charge in [-0.3, -0.25) is 0 Å². The lowest BCUT2D eigenvalue weighted by atomic mass is 10.2. The summed E-state index contributed by atoms with van der Waals surface area (Å²) < 4.78 is 1.09. The van der Waals surface area contributed by atoms with E-state index in [0.29, 0.717) is 5.11 Å². The molecule has 0 saturated heterocycles. The molecule has 0 aromatic heterocycles. The van der Waals surface area contributed by atoms with Crippen molar-refractivity contribution >= 4 is 44.6 Å². The van der Waals surface area contributed by atoms with Gasteiger partial charge in [-0.1, -0.05) is 34.1 Å². The Kier molecular flexibility index (Phi) is 4.56. The van der Waals surface area contributed by atoms with Gasteiger partial charge in [-0.25, -0.2) is 0 Å². The Morgan fingerprint density at radius 3 is 2.42 bits per heavy atom. The average Bonchev–Trinajstić information content (AvgIpc) is 2.37. The minimum atomic E-state index is 0.594. The van der Waals surface area contributed by atoms with E-state index < -0.39 is 0 Å². The number of benzene rings is 2. The second-order valence-electron chi connectivity index (χ2n) is 4.36. The third kappa shape index (κ3) is 3.78.